The fraction of sp³-hybridized carbons (Fsp3) is 0.474. The summed E-state index contributed by atoms with van der Waals surface area (Å²) in [5, 5.41) is 0. The summed E-state index contributed by atoms with van der Waals surface area (Å²) in [7, 11) is 0. The molecule has 4 heteroatoms. The van der Waals surface area contributed by atoms with Gasteiger partial charge in [0, 0.05) is 19.5 Å². The van der Waals surface area contributed by atoms with E-state index in [1.54, 1.807) is 6.08 Å². The van der Waals surface area contributed by atoms with Crippen LogP contribution in [0.4, 0.5) is 0 Å². The largest absolute Gasteiger partial charge is 0.330 e. The van der Waals surface area contributed by atoms with Gasteiger partial charge in [0.05, 0.1) is 6.04 Å². The number of Topliss-reactive ketones (excluding diaryl/α,β-unsaturated/α-hetero) is 1. The monoisotopic (exact) mass is 314 g/mol. The van der Waals surface area contributed by atoms with Crippen LogP contribution in [0.2, 0.25) is 0 Å². The third-order valence-electron chi connectivity index (χ3n) is 4.50. The first-order chi connectivity index (χ1) is 11.0. The normalized spacial score (nSPS) is 16.4. The Morgan fingerprint density at radius 2 is 1.78 bits per heavy atom. The number of rotatable bonds is 7. The number of allylic oxidation sites excluding steroid dienone is 1. The zero-order valence-corrected chi connectivity index (χ0v) is 14.0. The van der Waals surface area contributed by atoms with Crippen LogP contribution in [-0.2, 0) is 22.7 Å². The van der Waals surface area contributed by atoms with Crippen molar-refractivity contribution < 1.29 is 9.59 Å². The number of hydrogen-bond acceptors (Lipinski definition) is 3. The molecule has 2 N–H and O–H groups in total. The molecule has 1 heterocycles. The molecule has 0 aliphatic carbocycles. The van der Waals surface area contributed by atoms with Crippen molar-refractivity contribution in [1.82, 2.24) is 4.90 Å². The average Bonchev–Trinajstić information content (AvgIpc) is 3.01. The summed E-state index contributed by atoms with van der Waals surface area (Å²) < 4.78 is 0. The van der Waals surface area contributed by atoms with Crippen molar-refractivity contribution in [2.75, 3.05) is 0 Å². The van der Waals surface area contributed by atoms with Crippen LogP contribution in [0.25, 0.3) is 0 Å². The van der Waals surface area contributed by atoms with E-state index >= 15 is 0 Å². The van der Waals surface area contributed by atoms with Gasteiger partial charge in [-0.25, -0.2) is 0 Å². The Hall–Kier alpha value is -1.94. The second kappa shape index (κ2) is 8.06. The molecule has 2 rings (SSSR count). The van der Waals surface area contributed by atoms with Crippen LogP contribution in [0, 0.1) is 5.92 Å². The van der Waals surface area contributed by atoms with E-state index in [9.17, 15) is 9.59 Å². The van der Waals surface area contributed by atoms with Crippen LogP contribution < -0.4 is 5.73 Å². The van der Waals surface area contributed by atoms with Gasteiger partial charge in [-0.3, -0.25) is 9.59 Å². The highest BCUT2D eigenvalue weighted by Gasteiger charge is 2.21. The number of amides is 1. The van der Waals surface area contributed by atoms with Crippen LogP contribution in [0.1, 0.15) is 44.2 Å². The minimum atomic E-state index is -0.388. The lowest BCUT2D eigenvalue weighted by Gasteiger charge is -2.15. The molecule has 1 amide bonds. The minimum absolute atomic E-state index is 0.00638. The quantitative estimate of drug-likeness (QED) is 0.787. The molecule has 4 nitrogen and oxygen atoms in total. The summed E-state index contributed by atoms with van der Waals surface area (Å²) in [5.41, 5.74) is 8.20. The lowest BCUT2D eigenvalue weighted by Crippen LogP contribution is -2.30. The zero-order valence-electron chi connectivity index (χ0n) is 14.0. The van der Waals surface area contributed by atoms with Gasteiger partial charge in [0.25, 0.3) is 0 Å². The number of nitrogens with zero attached hydrogens (tertiary/aromatic N) is 1. The van der Waals surface area contributed by atoms with E-state index in [-0.39, 0.29) is 23.7 Å². The molecule has 1 aliphatic heterocycles. The Balaban J connectivity index is 1.91. The van der Waals surface area contributed by atoms with Crippen molar-refractivity contribution in [3.05, 3.63) is 47.5 Å². The van der Waals surface area contributed by atoms with Crippen LogP contribution in [0.3, 0.4) is 0 Å². The van der Waals surface area contributed by atoms with Crippen LogP contribution in [0.15, 0.2) is 36.4 Å². The van der Waals surface area contributed by atoms with Gasteiger partial charge in [-0.1, -0.05) is 44.2 Å². The molecule has 124 valence electrons. The first kappa shape index (κ1) is 17.4. The van der Waals surface area contributed by atoms with E-state index in [0.717, 1.165) is 6.42 Å². The Morgan fingerprint density at radius 3 is 2.30 bits per heavy atom. The summed E-state index contributed by atoms with van der Waals surface area (Å²) in [6.07, 6.45) is 5.38. The summed E-state index contributed by atoms with van der Waals surface area (Å²) in [6.45, 7) is 5.26. The predicted octanol–water partition coefficient (Wildman–Crippen LogP) is 2.81. The molecule has 0 aromatic heterocycles. The van der Waals surface area contributed by atoms with E-state index in [4.69, 9.17) is 5.73 Å². The molecule has 23 heavy (non-hydrogen) atoms. The van der Waals surface area contributed by atoms with Crippen molar-refractivity contribution in [3.63, 3.8) is 0 Å². The highest BCUT2D eigenvalue weighted by molar-refractivity contribution is 5.88. The average molecular weight is 314 g/mol. The molecule has 0 saturated carbocycles. The number of carbonyl (C=O) groups excluding carboxylic acids is 2. The molecule has 2 atom stereocenters. The molecule has 1 aliphatic rings. The van der Waals surface area contributed by atoms with Crippen molar-refractivity contribution in [2.45, 2.75) is 52.2 Å². The smallest absolute Gasteiger partial charge is 0.246 e. The van der Waals surface area contributed by atoms with E-state index in [1.807, 2.05) is 37.0 Å². The zero-order chi connectivity index (χ0) is 16.8. The lowest BCUT2D eigenvalue weighted by atomic mass is 9.95. The van der Waals surface area contributed by atoms with E-state index in [2.05, 4.69) is 12.1 Å². The van der Waals surface area contributed by atoms with Crippen molar-refractivity contribution >= 4 is 11.7 Å². The van der Waals surface area contributed by atoms with Gasteiger partial charge in [-0.15, -0.1) is 0 Å². The molecule has 0 spiro atoms. The van der Waals surface area contributed by atoms with Gasteiger partial charge in [0.15, 0.2) is 0 Å². The molecule has 0 fully saturated rings. The Morgan fingerprint density at radius 1 is 1.17 bits per heavy atom. The summed E-state index contributed by atoms with van der Waals surface area (Å²) in [5.74, 6) is 0.158. The van der Waals surface area contributed by atoms with Gasteiger partial charge >= 0.3 is 0 Å². The third-order valence-corrected chi connectivity index (χ3v) is 4.50. The molecule has 0 radical (unpaired) electrons. The molecule has 1 aromatic rings. The van der Waals surface area contributed by atoms with Gasteiger partial charge in [-0.05, 0) is 36.0 Å². The number of fused-ring (bicyclic) bond motifs is 1. The highest BCUT2D eigenvalue weighted by atomic mass is 16.2. The molecule has 0 saturated heterocycles. The summed E-state index contributed by atoms with van der Waals surface area (Å²) >= 11 is 0. The van der Waals surface area contributed by atoms with Crippen LogP contribution in [0.5, 0.6) is 0 Å². The number of ketones is 1. The second-order valence-corrected chi connectivity index (χ2v) is 6.18. The van der Waals surface area contributed by atoms with Crippen LogP contribution in [-0.4, -0.2) is 22.6 Å². The number of hydrogen-bond donors (Lipinski definition) is 1. The van der Waals surface area contributed by atoms with Crippen molar-refractivity contribution in [3.8, 4) is 0 Å². The Kier molecular flexibility index (Phi) is 6.11. The summed E-state index contributed by atoms with van der Waals surface area (Å²) in [6, 6.07) is 7.73. The number of benzene rings is 1. The predicted molar refractivity (Wildman–Crippen MR) is 91.5 cm³/mol. The van der Waals surface area contributed by atoms with E-state index in [1.165, 1.54) is 11.1 Å². The maximum Gasteiger partial charge on any atom is 0.246 e. The molecule has 0 bridgehead atoms. The lowest BCUT2D eigenvalue weighted by molar-refractivity contribution is -0.126. The van der Waals surface area contributed by atoms with Gasteiger partial charge < -0.3 is 10.6 Å². The Bertz CT molecular complexity index is 570. The van der Waals surface area contributed by atoms with Gasteiger partial charge in [0.1, 0.15) is 5.78 Å². The van der Waals surface area contributed by atoms with Crippen LogP contribution >= 0.6 is 0 Å². The third kappa shape index (κ3) is 4.52. The molecule has 0 unspecified atom stereocenters. The minimum Gasteiger partial charge on any atom is -0.330 e. The van der Waals surface area contributed by atoms with Crippen molar-refractivity contribution in [1.29, 1.82) is 0 Å². The maximum absolute atomic E-state index is 12.3. The molecule has 1 aromatic carbocycles. The SMILES string of the molecule is CC[C@@H](/C=C/C(=O)N1Cc2ccccc2C1)CC(=O)[C@@H](N)CC. The molecular weight excluding hydrogens is 288 g/mol. The highest BCUT2D eigenvalue weighted by Crippen LogP contribution is 2.22. The van der Waals surface area contributed by atoms with Gasteiger partial charge in [-0.2, -0.15) is 0 Å². The Labute approximate surface area is 138 Å². The fourth-order valence-electron chi connectivity index (χ4n) is 2.80. The maximum atomic E-state index is 12.3. The standard InChI is InChI=1S/C19H26N2O2/c1-3-14(11-18(22)17(20)4-2)9-10-19(23)21-12-15-7-5-6-8-16(15)13-21/h5-10,14,17H,3-4,11-13,20H2,1-2H3/b10-9+/t14-,17-/m0/s1. The number of carbonyl (C=O) groups is 2. The first-order valence-corrected chi connectivity index (χ1v) is 8.37. The number of nitrogens with two attached hydrogens (primary N) is 1. The van der Waals surface area contributed by atoms with Crippen molar-refractivity contribution in [2.24, 2.45) is 11.7 Å². The fourth-order valence-corrected chi connectivity index (χ4v) is 2.80. The molecular formula is C19H26N2O2. The topological polar surface area (TPSA) is 63.4 Å². The first-order valence-electron chi connectivity index (χ1n) is 8.37. The summed E-state index contributed by atoms with van der Waals surface area (Å²) in [4.78, 5) is 26.1. The van der Waals surface area contributed by atoms with E-state index < -0.39 is 0 Å². The van der Waals surface area contributed by atoms with Gasteiger partial charge in [0.2, 0.25) is 5.91 Å². The second-order valence-electron chi connectivity index (χ2n) is 6.18. The van der Waals surface area contributed by atoms with E-state index in [0.29, 0.717) is 25.9 Å².